The Kier molecular flexibility index (Phi) is 5.91. The highest BCUT2D eigenvalue weighted by Crippen LogP contribution is 2.23. The average Bonchev–Trinajstić information content (AvgIpc) is 2.38. The molecule has 4 heteroatoms. The highest BCUT2D eigenvalue weighted by molar-refractivity contribution is 5.65. The summed E-state index contributed by atoms with van der Waals surface area (Å²) in [6.45, 7) is 8.56. The molecule has 0 unspecified atom stereocenters. The lowest BCUT2D eigenvalue weighted by atomic mass is 10.1. The molecule has 0 atom stereocenters. The van der Waals surface area contributed by atoms with E-state index in [1.165, 1.54) is 0 Å². The van der Waals surface area contributed by atoms with E-state index in [4.69, 9.17) is 15.1 Å². The molecule has 0 amide bonds. The predicted octanol–water partition coefficient (Wildman–Crippen LogP) is 2.29. The molecule has 0 fully saturated rings. The Labute approximate surface area is 114 Å². The van der Waals surface area contributed by atoms with Gasteiger partial charge in [0.05, 0.1) is 11.7 Å². The highest BCUT2D eigenvalue weighted by Gasteiger charge is 2.08. The summed E-state index contributed by atoms with van der Waals surface area (Å²) in [6.07, 6.45) is 0.697. The Morgan fingerprint density at radius 3 is 2.84 bits per heavy atom. The van der Waals surface area contributed by atoms with Crippen molar-refractivity contribution < 1.29 is 9.84 Å². The molecular weight excluding hydrogens is 240 g/mol. The zero-order chi connectivity index (χ0) is 14.3. The number of nitrogens with zero attached hydrogens (tertiary/aromatic N) is 1. The van der Waals surface area contributed by atoms with Gasteiger partial charge in [0.1, 0.15) is 11.8 Å². The van der Waals surface area contributed by atoms with Crippen LogP contribution < -0.4 is 10.1 Å². The summed E-state index contributed by atoms with van der Waals surface area (Å²) in [5.41, 5.74) is 2.09. The number of aliphatic hydroxyl groups is 1. The van der Waals surface area contributed by atoms with Crippen molar-refractivity contribution in [1.82, 2.24) is 5.32 Å². The summed E-state index contributed by atoms with van der Waals surface area (Å²) in [4.78, 5) is 0. The largest absolute Gasteiger partial charge is 0.490 e. The van der Waals surface area contributed by atoms with Crippen molar-refractivity contribution in [3.63, 3.8) is 0 Å². The van der Waals surface area contributed by atoms with Crippen molar-refractivity contribution in [2.24, 2.45) is 0 Å². The fraction of sp³-hybridized carbons (Fsp3) is 0.400. The van der Waals surface area contributed by atoms with Gasteiger partial charge in [0, 0.05) is 18.8 Å². The molecule has 0 aliphatic carbocycles. The lowest BCUT2D eigenvalue weighted by molar-refractivity contribution is 0.241. The monoisotopic (exact) mass is 260 g/mol. The van der Waals surface area contributed by atoms with Crippen molar-refractivity contribution >= 4 is 5.70 Å². The molecule has 19 heavy (non-hydrogen) atoms. The van der Waals surface area contributed by atoms with Crippen LogP contribution in [0.4, 0.5) is 0 Å². The molecule has 0 heterocycles. The van der Waals surface area contributed by atoms with Gasteiger partial charge < -0.3 is 15.2 Å². The maximum atomic E-state index is 9.14. The third-order valence-corrected chi connectivity index (χ3v) is 2.48. The van der Waals surface area contributed by atoms with Crippen LogP contribution in [0, 0.1) is 11.3 Å². The van der Waals surface area contributed by atoms with Crippen LogP contribution in [-0.2, 0) is 0 Å². The molecule has 1 aromatic carbocycles. The van der Waals surface area contributed by atoms with Gasteiger partial charge in [0.2, 0.25) is 0 Å². The van der Waals surface area contributed by atoms with Gasteiger partial charge in [-0.3, -0.25) is 0 Å². The van der Waals surface area contributed by atoms with Gasteiger partial charge in [0.25, 0.3) is 0 Å². The van der Waals surface area contributed by atoms with Crippen LogP contribution in [0.2, 0.25) is 0 Å². The second-order valence-corrected chi connectivity index (χ2v) is 4.47. The smallest absolute Gasteiger partial charge is 0.137 e. The lowest BCUT2D eigenvalue weighted by Crippen LogP contribution is -2.14. The molecule has 0 aromatic heterocycles. The molecule has 0 radical (unpaired) electrons. The number of ether oxygens (including phenoxy) is 1. The van der Waals surface area contributed by atoms with Crippen LogP contribution in [0.3, 0.4) is 0 Å². The van der Waals surface area contributed by atoms with E-state index in [2.05, 4.69) is 18.0 Å². The molecular formula is C15H20N2O2. The zero-order valence-electron chi connectivity index (χ0n) is 11.4. The molecule has 2 N–H and O–H groups in total. The number of hydrogen-bond donors (Lipinski definition) is 2. The standard InChI is InChI=1S/C15H20N2O2/c1-11(2)19-15-6-5-13(9-14(15)10-16)12(3)17-7-4-8-18/h5-6,9,11,17-18H,3-4,7-8H2,1-2H3. The van der Waals surface area contributed by atoms with Gasteiger partial charge in [0.15, 0.2) is 0 Å². The molecule has 0 saturated carbocycles. The maximum absolute atomic E-state index is 9.14. The summed E-state index contributed by atoms with van der Waals surface area (Å²) in [5.74, 6) is 0.587. The summed E-state index contributed by atoms with van der Waals surface area (Å²) in [7, 11) is 0. The lowest BCUT2D eigenvalue weighted by Gasteiger charge is -2.14. The van der Waals surface area contributed by atoms with Crippen LogP contribution in [0.1, 0.15) is 31.4 Å². The van der Waals surface area contributed by atoms with Crippen molar-refractivity contribution in [1.29, 1.82) is 5.26 Å². The van der Waals surface area contributed by atoms with Crippen molar-refractivity contribution in [3.05, 3.63) is 35.9 Å². The third-order valence-electron chi connectivity index (χ3n) is 2.48. The molecule has 0 spiro atoms. The second kappa shape index (κ2) is 7.45. The molecule has 0 saturated heterocycles. The molecule has 102 valence electrons. The van der Waals surface area contributed by atoms with E-state index in [1.807, 2.05) is 19.9 Å². The van der Waals surface area contributed by atoms with Crippen LogP contribution in [0.15, 0.2) is 24.8 Å². The Morgan fingerprint density at radius 1 is 1.53 bits per heavy atom. The van der Waals surface area contributed by atoms with E-state index in [0.29, 0.717) is 24.3 Å². The second-order valence-electron chi connectivity index (χ2n) is 4.47. The van der Waals surface area contributed by atoms with Crippen molar-refractivity contribution in [2.45, 2.75) is 26.4 Å². The summed E-state index contributed by atoms with van der Waals surface area (Å²) < 4.78 is 5.56. The first-order valence-electron chi connectivity index (χ1n) is 6.33. The summed E-state index contributed by atoms with van der Waals surface area (Å²) in [5, 5.41) is 21.0. The van der Waals surface area contributed by atoms with Gasteiger partial charge >= 0.3 is 0 Å². The highest BCUT2D eigenvalue weighted by atomic mass is 16.5. The number of nitriles is 1. The molecule has 1 rings (SSSR count). The first-order valence-corrected chi connectivity index (χ1v) is 6.33. The van der Waals surface area contributed by atoms with Crippen LogP contribution in [-0.4, -0.2) is 24.4 Å². The molecule has 1 aromatic rings. The fourth-order valence-electron chi connectivity index (χ4n) is 1.58. The topological polar surface area (TPSA) is 65.3 Å². The van der Waals surface area contributed by atoms with Crippen LogP contribution >= 0.6 is 0 Å². The van der Waals surface area contributed by atoms with E-state index in [0.717, 1.165) is 11.3 Å². The predicted molar refractivity (Wildman–Crippen MR) is 75.7 cm³/mol. The minimum atomic E-state index is 0.0313. The molecule has 0 aliphatic heterocycles. The van der Waals surface area contributed by atoms with E-state index < -0.39 is 0 Å². The van der Waals surface area contributed by atoms with E-state index in [-0.39, 0.29) is 12.7 Å². The van der Waals surface area contributed by atoms with Gasteiger partial charge in [-0.1, -0.05) is 6.58 Å². The van der Waals surface area contributed by atoms with E-state index in [1.54, 1.807) is 12.1 Å². The Hall–Kier alpha value is -1.99. The summed E-state index contributed by atoms with van der Waals surface area (Å²) in [6, 6.07) is 7.54. The molecule has 4 nitrogen and oxygen atoms in total. The Morgan fingerprint density at radius 2 is 2.26 bits per heavy atom. The van der Waals surface area contributed by atoms with Crippen molar-refractivity contribution in [3.8, 4) is 11.8 Å². The third kappa shape index (κ3) is 4.65. The number of nitrogens with one attached hydrogen (secondary N) is 1. The Balaban J connectivity index is 2.82. The number of benzene rings is 1. The van der Waals surface area contributed by atoms with Crippen LogP contribution in [0.25, 0.3) is 5.70 Å². The minimum absolute atomic E-state index is 0.0313. The van der Waals surface area contributed by atoms with Crippen molar-refractivity contribution in [2.75, 3.05) is 13.2 Å². The fourth-order valence-corrected chi connectivity index (χ4v) is 1.58. The quantitative estimate of drug-likeness (QED) is 0.738. The molecule has 0 aliphatic rings. The average molecular weight is 260 g/mol. The van der Waals surface area contributed by atoms with Gasteiger partial charge in [-0.25, -0.2) is 0 Å². The van der Waals surface area contributed by atoms with Gasteiger partial charge in [-0.15, -0.1) is 0 Å². The molecule has 0 bridgehead atoms. The summed E-state index contributed by atoms with van der Waals surface area (Å²) >= 11 is 0. The van der Waals surface area contributed by atoms with Gasteiger partial charge in [-0.05, 0) is 44.0 Å². The zero-order valence-corrected chi connectivity index (χ0v) is 11.4. The van der Waals surface area contributed by atoms with E-state index in [9.17, 15) is 0 Å². The number of hydrogen-bond acceptors (Lipinski definition) is 4. The van der Waals surface area contributed by atoms with Gasteiger partial charge in [-0.2, -0.15) is 5.26 Å². The SMILES string of the molecule is C=C(NCCCO)c1ccc(OC(C)C)c(C#N)c1. The van der Waals surface area contributed by atoms with E-state index >= 15 is 0 Å². The van der Waals surface area contributed by atoms with Crippen LogP contribution in [0.5, 0.6) is 5.75 Å². The minimum Gasteiger partial charge on any atom is -0.490 e. The Bertz CT molecular complexity index is 476. The number of aliphatic hydroxyl groups excluding tert-OH is 1. The number of rotatable bonds is 7. The first kappa shape index (κ1) is 15.1. The normalized spacial score (nSPS) is 10.1. The first-order chi connectivity index (χ1) is 9.08. The maximum Gasteiger partial charge on any atom is 0.137 e.